The highest BCUT2D eigenvalue weighted by molar-refractivity contribution is 7.09. The molecule has 4 heteroatoms. The molecule has 1 aromatic rings. The number of hydrogen-bond acceptors (Lipinski definition) is 4. The maximum absolute atomic E-state index is 12.6. The monoisotopic (exact) mass is 295 g/mol. The van der Waals surface area contributed by atoms with Gasteiger partial charge in [-0.2, -0.15) is 0 Å². The molecule has 0 aliphatic heterocycles. The van der Waals surface area contributed by atoms with Crippen molar-refractivity contribution < 1.29 is 9.53 Å². The van der Waals surface area contributed by atoms with E-state index in [4.69, 9.17) is 4.74 Å². The number of rotatable bonds is 5. The molecule has 0 N–H and O–H groups in total. The molecule has 0 atom stereocenters. The highest BCUT2D eigenvalue weighted by Gasteiger charge is 2.41. The van der Waals surface area contributed by atoms with Crippen LogP contribution in [0.2, 0.25) is 0 Å². The van der Waals surface area contributed by atoms with Crippen LogP contribution < -0.4 is 0 Å². The minimum absolute atomic E-state index is 0.0444. The summed E-state index contributed by atoms with van der Waals surface area (Å²) in [5, 5.41) is 3.00. The molecular weight excluding hydrogens is 270 g/mol. The van der Waals surface area contributed by atoms with Crippen molar-refractivity contribution in [3.8, 4) is 0 Å². The van der Waals surface area contributed by atoms with E-state index in [-0.39, 0.29) is 11.2 Å². The number of Topliss-reactive ketones (excluding diaryl/α,β-unsaturated/α-hetero) is 1. The number of carbonyl (C=O) groups is 1. The highest BCUT2D eigenvalue weighted by Crippen LogP contribution is 2.35. The number of ketones is 1. The van der Waals surface area contributed by atoms with Gasteiger partial charge in [0.05, 0.1) is 12.1 Å². The number of aromatic nitrogens is 1. The summed E-state index contributed by atoms with van der Waals surface area (Å²) in [5.41, 5.74) is 0.590. The molecule has 1 heterocycles. The first kappa shape index (κ1) is 15.6. The Morgan fingerprint density at radius 2 is 2.05 bits per heavy atom. The largest absolute Gasteiger partial charge is 0.367 e. The molecule has 2 rings (SSSR count). The molecule has 1 aliphatic carbocycles. The van der Waals surface area contributed by atoms with Gasteiger partial charge >= 0.3 is 0 Å². The Balaban J connectivity index is 2.09. The number of ether oxygens (including phenoxy) is 1. The van der Waals surface area contributed by atoms with E-state index in [1.807, 2.05) is 6.92 Å². The van der Waals surface area contributed by atoms with Gasteiger partial charge in [0.1, 0.15) is 10.6 Å². The van der Waals surface area contributed by atoms with E-state index >= 15 is 0 Å². The van der Waals surface area contributed by atoms with Crippen LogP contribution in [0.5, 0.6) is 0 Å². The SMILES string of the molecule is CCOC1(C(=O)Cc2nc(C(C)(C)C)cs2)CCCC1. The van der Waals surface area contributed by atoms with Crippen LogP contribution >= 0.6 is 11.3 Å². The lowest BCUT2D eigenvalue weighted by Crippen LogP contribution is -2.40. The van der Waals surface area contributed by atoms with Crippen LogP contribution in [0.4, 0.5) is 0 Å². The third-order valence-corrected chi connectivity index (χ3v) is 4.82. The molecule has 112 valence electrons. The van der Waals surface area contributed by atoms with E-state index in [0.717, 1.165) is 36.4 Å². The zero-order chi connectivity index (χ0) is 14.8. The molecular formula is C16H25NO2S. The summed E-state index contributed by atoms with van der Waals surface area (Å²) in [6.45, 7) is 9.01. The van der Waals surface area contributed by atoms with E-state index in [2.05, 4.69) is 31.1 Å². The fourth-order valence-electron chi connectivity index (χ4n) is 2.76. The summed E-state index contributed by atoms with van der Waals surface area (Å²) in [7, 11) is 0. The predicted octanol–water partition coefficient (Wildman–Crippen LogP) is 3.90. The van der Waals surface area contributed by atoms with Crippen molar-refractivity contribution in [1.82, 2.24) is 4.98 Å². The Kier molecular flexibility index (Phi) is 4.65. The summed E-state index contributed by atoms with van der Waals surface area (Å²) in [5.74, 6) is 0.214. The third kappa shape index (κ3) is 3.29. The Morgan fingerprint density at radius 1 is 1.40 bits per heavy atom. The Hall–Kier alpha value is -0.740. The van der Waals surface area contributed by atoms with Crippen molar-refractivity contribution in [2.45, 2.75) is 70.8 Å². The average molecular weight is 295 g/mol. The predicted molar refractivity (Wildman–Crippen MR) is 82.4 cm³/mol. The Labute approximate surface area is 125 Å². The lowest BCUT2D eigenvalue weighted by molar-refractivity contribution is -0.142. The van der Waals surface area contributed by atoms with Crippen molar-refractivity contribution in [2.24, 2.45) is 0 Å². The standard InChI is InChI=1S/C16H25NO2S/c1-5-19-16(8-6-7-9-16)13(18)10-14-17-12(11-20-14)15(2,3)4/h11H,5-10H2,1-4H3. The lowest BCUT2D eigenvalue weighted by atomic mass is 9.93. The van der Waals surface area contributed by atoms with Crippen LogP contribution in [0, 0.1) is 0 Å². The quantitative estimate of drug-likeness (QED) is 0.827. The molecule has 3 nitrogen and oxygen atoms in total. The highest BCUT2D eigenvalue weighted by atomic mass is 32.1. The topological polar surface area (TPSA) is 39.2 Å². The maximum Gasteiger partial charge on any atom is 0.171 e. The summed E-state index contributed by atoms with van der Waals surface area (Å²) >= 11 is 1.59. The molecule has 1 fully saturated rings. The number of thiazole rings is 1. The Bertz CT molecular complexity index is 467. The van der Waals surface area contributed by atoms with E-state index in [0.29, 0.717) is 13.0 Å². The average Bonchev–Trinajstić information content (AvgIpc) is 2.98. The lowest BCUT2D eigenvalue weighted by Gasteiger charge is -2.26. The molecule has 0 bridgehead atoms. The van der Waals surface area contributed by atoms with Crippen LogP contribution in [0.1, 0.15) is 64.1 Å². The van der Waals surface area contributed by atoms with Crippen molar-refractivity contribution in [2.75, 3.05) is 6.61 Å². The van der Waals surface area contributed by atoms with Crippen LogP contribution in [-0.2, 0) is 21.4 Å². The van der Waals surface area contributed by atoms with E-state index in [1.165, 1.54) is 0 Å². The van der Waals surface area contributed by atoms with Crippen LogP contribution in [0.3, 0.4) is 0 Å². The summed E-state index contributed by atoms with van der Waals surface area (Å²) in [4.78, 5) is 17.3. The summed E-state index contributed by atoms with van der Waals surface area (Å²) in [6, 6.07) is 0. The second kappa shape index (κ2) is 5.94. The molecule has 1 saturated carbocycles. The van der Waals surface area contributed by atoms with Crippen molar-refractivity contribution in [1.29, 1.82) is 0 Å². The molecule has 1 aliphatic rings. The van der Waals surface area contributed by atoms with Crippen LogP contribution in [-0.4, -0.2) is 23.0 Å². The molecule has 0 unspecified atom stereocenters. The molecule has 0 saturated heterocycles. The minimum atomic E-state index is -0.525. The minimum Gasteiger partial charge on any atom is -0.367 e. The fourth-order valence-corrected chi connectivity index (χ4v) is 3.78. The van der Waals surface area contributed by atoms with Gasteiger partial charge in [0, 0.05) is 17.4 Å². The number of hydrogen-bond donors (Lipinski definition) is 0. The zero-order valence-corrected chi connectivity index (χ0v) is 13.8. The molecule has 0 amide bonds. The first-order chi connectivity index (χ1) is 9.37. The van der Waals surface area contributed by atoms with Gasteiger partial charge in [-0.05, 0) is 32.6 Å². The molecule has 20 heavy (non-hydrogen) atoms. The Morgan fingerprint density at radius 3 is 2.55 bits per heavy atom. The maximum atomic E-state index is 12.6. The van der Waals surface area contributed by atoms with Gasteiger partial charge < -0.3 is 4.74 Å². The van der Waals surface area contributed by atoms with Crippen LogP contribution in [0.15, 0.2) is 5.38 Å². The second-order valence-corrected chi connectivity index (χ2v) is 7.55. The third-order valence-electron chi connectivity index (χ3n) is 3.97. The summed E-state index contributed by atoms with van der Waals surface area (Å²) < 4.78 is 5.83. The molecule has 0 spiro atoms. The fraction of sp³-hybridized carbons (Fsp3) is 0.750. The van der Waals surface area contributed by atoms with Crippen molar-refractivity contribution >= 4 is 17.1 Å². The van der Waals surface area contributed by atoms with Crippen molar-refractivity contribution in [3.63, 3.8) is 0 Å². The van der Waals surface area contributed by atoms with E-state index in [1.54, 1.807) is 11.3 Å². The first-order valence-corrected chi connectivity index (χ1v) is 8.37. The van der Waals surface area contributed by atoms with Gasteiger partial charge in [0.15, 0.2) is 5.78 Å². The first-order valence-electron chi connectivity index (χ1n) is 7.49. The number of nitrogens with zero attached hydrogens (tertiary/aromatic N) is 1. The normalized spacial score (nSPS) is 18.4. The van der Waals surface area contributed by atoms with Gasteiger partial charge in [0.25, 0.3) is 0 Å². The van der Waals surface area contributed by atoms with Gasteiger partial charge in [-0.1, -0.05) is 20.8 Å². The molecule has 1 aromatic heterocycles. The van der Waals surface area contributed by atoms with E-state index in [9.17, 15) is 4.79 Å². The summed E-state index contributed by atoms with van der Waals surface area (Å²) in [6.07, 6.45) is 4.35. The van der Waals surface area contributed by atoms with Crippen LogP contribution in [0.25, 0.3) is 0 Å². The van der Waals surface area contributed by atoms with E-state index < -0.39 is 5.60 Å². The zero-order valence-electron chi connectivity index (χ0n) is 13.0. The van der Waals surface area contributed by atoms with Gasteiger partial charge in [0.2, 0.25) is 0 Å². The van der Waals surface area contributed by atoms with Gasteiger partial charge in [-0.15, -0.1) is 11.3 Å². The van der Waals surface area contributed by atoms with Gasteiger partial charge in [-0.25, -0.2) is 4.98 Å². The second-order valence-electron chi connectivity index (χ2n) is 6.61. The van der Waals surface area contributed by atoms with Gasteiger partial charge in [-0.3, -0.25) is 4.79 Å². The smallest absolute Gasteiger partial charge is 0.171 e. The molecule has 0 aromatic carbocycles. The number of carbonyl (C=O) groups excluding carboxylic acids is 1. The van der Waals surface area contributed by atoms with Crippen molar-refractivity contribution in [3.05, 3.63) is 16.1 Å². The molecule has 0 radical (unpaired) electrons.